The van der Waals surface area contributed by atoms with Crippen molar-refractivity contribution in [3.8, 4) is 0 Å². The topological polar surface area (TPSA) is 50.4 Å². The Kier molecular flexibility index (Phi) is 8.52. The number of carbonyl (C=O) groups is 1. The molecular weight excluding hydrogens is 319 g/mol. The van der Waals surface area contributed by atoms with Crippen molar-refractivity contribution in [1.82, 2.24) is 10.6 Å². The van der Waals surface area contributed by atoms with Crippen LogP contribution in [0.15, 0.2) is 24.3 Å². The first-order valence-electron chi connectivity index (χ1n) is 8.02. The fourth-order valence-electron chi connectivity index (χ4n) is 2.89. The van der Waals surface area contributed by atoms with Crippen molar-refractivity contribution in [2.24, 2.45) is 0 Å². The third-order valence-electron chi connectivity index (χ3n) is 4.17. The molecule has 6 heteroatoms. The summed E-state index contributed by atoms with van der Waals surface area (Å²) in [4.78, 5) is 12.7. The van der Waals surface area contributed by atoms with Gasteiger partial charge in [0.1, 0.15) is 5.82 Å². The molecule has 0 saturated carbocycles. The first-order chi connectivity index (χ1) is 10.7. The Bertz CT molecular complexity index is 493. The van der Waals surface area contributed by atoms with Gasteiger partial charge in [-0.25, -0.2) is 4.39 Å². The van der Waals surface area contributed by atoms with Crippen molar-refractivity contribution in [2.75, 3.05) is 32.8 Å². The molecule has 1 heterocycles. The van der Waals surface area contributed by atoms with E-state index in [1.807, 2.05) is 6.07 Å². The molecule has 0 atom stereocenters. The fraction of sp³-hybridized carbons (Fsp3) is 0.588. The van der Waals surface area contributed by atoms with E-state index in [2.05, 4.69) is 17.6 Å². The highest BCUT2D eigenvalue weighted by Crippen LogP contribution is 2.35. The average molecular weight is 345 g/mol. The molecule has 1 fully saturated rings. The largest absolute Gasteiger partial charge is 0.381 e. The van der Waals surface area contributed by atoms with Gasteiger partial charge in [0.2, 0.25) is 5.91 Å². The normalized spacial score (nSPS) is 16.4. The standard InChI is InChI=1S/C17H25FN2O2.ClH/c1-2-8-19-9-10-20-16(21)17(6-11-22-12-7-17)14-4-3-5-15(18)13-14;/h3-5,13,19H,2,6-12H2,1H3,(H,20,21);1H. The van der Waals surface area contributed by atoms with E-state index < -0.39 is 5.41 Å². The van der Waals surface area contributed by atoms with Gasteiger partial charge in [0.05, 0.1) is 5.41 Å². The Morgan fingerprint density at radius 2 is 2.00 bits per heavy atom. The minimum atomic E-state index is -0.675. The Morgan fingerprint density at radius 1 is 1.26 bits per heavy atom. The number of ether oxygens (including phenoxy) is 1. The second kappa shape index (κ2) is 9.85. The fourth-order valence-corrected chi connectivity index (χ4v) is 2.89. The molecule has 1 amide bonds. The number of benzene rings is 1. The van der Waals surface area contributed by atoms with Crippen molar-refractivity contribution in [3.05, 3.63) is 35.6 Å². The summed E-state index contributed by atoms with van der Waals surface area (Å²) in [6.45, 7) is 5.42. The predicted molar refractivity (Wildman–Crippen MR) is 91.5 cm³/mol. The summed E-state index contributed by atoms with van der Waals surface area (Å²) in [7, 11) is 0. The monoisotopic (exact) mass is 344 g/mol. The number of amides is 1. The van der Waals surface area contributed by atoms with Gasteiger partial charge in [-0.3, -0.25) is 4.79 Å². The summed E-state index contributed by atoms with van der Waals surface area (Å²) in [5.74, 6) is -0.333. The van der Waals surface area contributed by atoms with Crippen LogP contribution in [0.25, 0.3) is 0 Å². The maximum atomic E-state index is 13.6. The number of carbonyl (C=O) groups excluding carboxylic acids is 1. The van der Waals surface area contributed by atoms with Gasteiger partial charge in [-0.15, -0.1) is 12.4 Å². The Morgan fingerprint density at radius 3 is 2.65 bits per heavy atom. The minimum absolute atomic E-state index is 0. The summed E-state index contributed by atoms with van der Waals surface area (Å²) in [5.41, 5.74) is 0.0697. The third-order valence-corrected chi connectivity index (χ3v) is 4.17. The molecular formula is C17H26ClFN2O2. The average Bonchev–Trinajstić information content (AvgIpc) is 2.55. The summed E-state index contributed by atoms with van der Waals surface area (Å²) < 4.78 is 19.0. The van der Waals surface area contributed by atoms with Crippen molar-refractivity contribution >= 4 is 18.3 Å². The summed E-state index contributed by atoms with van der Waals surface area (Å²) in [6.07, 6.45) is 2.24. The molecule has 1 aromatic rings. The van der Waals surface area contributed by atoms with Gasteiger partial charge < -0.3 is 15.4 Å². The van der Waals surface area contributed by atoms with Crippen LogP contribution in [-0.2, 0) is 14.9 Å². The lowest BCUT2D eigenvalue weighted by atomic mass is 9.73. The van der Waals surface area contributed by atoms with E-state index in [4.69, 9.17) is 4.74 Å². The van der Waals surface area contributed by atoms with Crippen LogP contribution in [0.5, 0.6) is 0 Å². The molecule has 0 aliphatic carbocycles. The van der Waals surface area contributed by atoms with Crippen LogP contribution in [0, 0.1) is 5.82 Å². The lowest BCUT2D eigenvalue weighted by Crippen LogP contribution is -2.49. The van der Waals surface area contributed by atoms with Gasteiger partial charge in [-0.1, -0.05) is 19.1 Å². The Hall–Kier alpha value is -1.17. The quantitative estimate of drug-likeness (QED) is 0.747. The number of rotatable bonds is 7. The zero-order valence-corrected chi connectivity index (χ0v) is 14.4. The highest BCUT2D eigenvalue weighted by atomic mass is 35.5. The SMILES string of the molecule is CCCNCCNC(=O)C1(c2cccc(F)c2)CCOCC1.Cl. The number of halogens is 2. The molecule has 130 valence electrons. The van der Waals surface area contributed by atoms with Crippen LogP contribution in [0.2, 0.25) is 0 Å². The van der Waals surface area contributed by atoms with Gasteiger partial charge >= 0.3 is 0 Å². The molecule has 1 aromatic carbocycles. The lowest BCUT2D eigenvalue weighted by Gasteiger charge is -2.36. The minimum Gasteiger partial charge on any atom is -0.381 e. The third kappa shape index (κ3) is 5.16. The zero-order chi connectivity index (χ0) is 15.8. The maximum absolute atomic E-state index is 13.6. The van der Waals surface area contributed by atoms with E-state index in [9.17, 15) is 9.18 Å². The van der Waals surface area contributed by atoms with E-state index in [0.717, 1.165) is 25.1 Å². The van der Waals surface area contributed by atoms with E-state index in [0.29, 0.717) is 32.6 Å². The highest BCUT2D eigenvalue weighted by Gasteiger charge is 2.41. The van der Waals surface area contributed by atoms with Gasteiger partial charge in [0, 0.05) is 26.3 Å². The van der Waals surface area contributed by atoms with E-state index >= 15 is 0 Å². The lowest BCUT2D eigenvalue weighted by molar-refractivity contribution is -0.130. The van der Waals surface area contributed by atoms with Crippen molar-refractivity contribution in [1.29, 1.82) is 0 Å². The molecule has 0 bridgehead atoms. The predicted octanol–water partition coefficient (Wildman–Crippen LogP) is 2.41. The molecule has 1 saturated heterocycles. The Balaban J connectivity index is 0.00000264. The first kappa shape index (κ1) is 19.9. The van der Waals surface area contributed by atoms with Crippen molar-refractivity contribution in [2.45, 2.75) is 31.6 Å². The maximum Gasteiger partial charge on any atom is 0.230 e. The van der Waals surface area contributed by atoms with Gasteiger partial charge in [0.15, 0.2) is 0 Å². The van der Waals surface area contributed by atoms with E-state index in [1.165, 1.54) is 12.1 Å². The van der Waals surface area contributed by atoms with Crippen LogP contribution in [-0.4, -0.2) is 38.8 Å². The second-order valence-corrected chi connectivity index (χ2v) is 5.71. The number of nitrogens with one attached hydrogen (secondary N) is 2. The van der Waals surface area contributed by atoms with Crippen LogP contribution >= 0.6 is 12.4 Å². The summed E-state index contributed by atoms with van der Waals surface area (Å²) in [5, 5.41) is 6.25. The highest BCUT2D eigenvalue weighted by molar-refractivity contribution is 5.88. The van der Waals surface area contributed by atoms with E-state index in [1.54, 1.807) is 6.07 Å². The molecule has 0 aromatic heterocycles. The van der Waals surface area contributed by atoms with Gasteiger partial charge in [-0.05, 0) is 43.5 Å². The molecule has 23 heavy (non-hydrogen) atoms. The van der Waals surface area contributed by atoms with Crippen LogP contribution < -0.4 is 10.6 Å². The molecule has 2 N–H and O–H groups in total. The molecule has 0 spiro atoms. The van der Waals surface area contributed by atoms with Crippen molar-refractivity contribution in [3.63, 3.8) is 0 Å². The number of hydrogen-bond acceptors (Lipinski definition) is 3. The van der Waals surface area contributed by atoms with Crippen molar-refractivity contribution < 1.29 is 13.9 Å². The van der Waals surface area contributed by atoms with Crippen LogP contribution in [0.3, 0.4) is 0 Å². The van der Waals surface area contributed by atoms with Crippen LogP contribution in [0.4, 0.5) is 4.39 Å². The first-order valence-corrected chi connectivity index (χ1v) is 8.02. The molecule has 4 nitrogen and oxygen atoms in total. The van der Waals surface area contributed by atoms with Crippen LogP contribution in [0.1, 0.15) is 31.7 Å². The molecule has 0 unspecified atom stereocenters. The second-order valence-electron chi connectivity index (χ2n) is 5.71. The Labute approximate surface area is 143 Å². The molecule has 1 aliphatic rings. The smallest absolute Gasteiger partial charge is 0.230 e. The molecule has 0 radical (unpaired) electrons. The number of hydrogen-bond donors (Lipinski definition) is 2. The van der Waals surface area contributed by atoms with Gasteiger partial charge in [-0.2, -0.15) is 0 Å². The zero-order valence-electron chi connectivity index (χ0n) is 13.6. The molecule has 1 aliphatic heterocycles. The van der Waals surface area contributed by atoms with E-state index in [-0.39, 0.29) is 24.1 Å². The van der Waals surface area contributed by atoms with Gasteiger partial charge in [0.25, 0.3) is 0 Å². The summed E-state index contributed by atoms with van der Waals surface area (Å²) >= 11 is 0. The summed E-state index contributed by atoms with van der Waals surface area (Å²) in [6, 6.07) is 6.38. The molecule has 2 rings (SSSR count).